The smallest absolute Gasteiger partial charge is 0.237 e. The molecule has 2 atom stereocenters. The number of carbonyl (C=O) groups is 1. The Bertz CT molecular complexity index is 945. The number of hydrogen-bond donors (Lipinski definition) is 0. The molecule has 1 amide bonds. The minimum Gasteiger partial charge on any atom is -0.377 e. The monoisotopic (exact) mass is 458 g/mol. The number of ether oxygens (including phenoxy) is 1. The van der Waals surface area contributed by atoms with Gasteiger partial charge in [-0.3, -0.25) is 9.69 Å². The molecular weight excluding hydrogens is 432 g/mol. The molecule has 1 saturated heterocycles. The van der Waals surface area contributed by atoms with Crippen LogP contribution in [0.1, 0.15) is 39.1 Å². The summed E-state index contributed by atoms with van der Waals surface area (Å²) in [6.07, 6.45) is 3.42. The van der Waals surface area contributed by atoms with Gasteiger partial charge < -0.3 is 9.64 Å². The summed E-state index contributed by atoms with van der Waals surface area (Å²) in [5.41, 5.74) is 1.31. The van der Waals surface area contributed by atoms with Gasteiger partial charge >= 0.3 is 0 Å². The minimum absolute atomic E-state index is 0.0545. The second-order valence-electron chi connectivity index (χ2n) is 7.94. The van der Waals surface area contributed by atoms with Gasteiger partial charge in [-0.25, -0.2) is 0 Å². The Labute approximate surface area is 189 Å². The zero-order chi connectivity index (χ0) is 20.3. The maximum absolute atomic E-state index is 13.6. The first-order valence-electron chi connectivity index (χ1n) is 10.5. The molecule has 1 fully saturated rings. The van der Waals surface area contributed by atoms with Gasteiger partial charge in [-0.1, -0.05) is 12.1 Å². The predicted molar refractivity (Wildman–Crippen MR) is 124 cm³/mol. The maximum Gasteiger partial charge on any atom is 0.237 e. The summed E-state index contributed by atoms with van der Waals surface area (Å²) in [7, 11) is 0. The van der Waals surface area contributed by atoms with E-state index >= 15 is 0 Å². The Morgan fingerprint density at radius 3 is 2.80 bits per heavy atom. The van der Waals surface area contributed by atoms with Crippen LogP contribution >= 0.6 is 34.0 Å². The molecule has 0 aliphatic carbocycles. The van der Waals surface area contributed by atoms with Crippen molar-refractivity contribution in [2.45, 2.75) is 38.0 Å². The van der Waals surface area contributed by atoms with Crippen LogP contribution in [-0.4, -0.2) is 48.1 Å². The summed E-state index contributed by atoms with van der Waals surface area (Å²) in [4.78, 5) is 22.0. The number of thiophene rings is 3. The maximum atomic E-state index is 13.6. The van der Waals surface area contributed by atoms with Crippen LogP contribution in [0.4, 0.5) is 0 Å². The van der Waals surface area contributed by atoms with Gasteiger partial charge in [0.25, 0.3) is 0 Å². The summed E-state index contributed by atoms with van der Waals surface area (Å²) in [5, 5.41) is 6.38. The van der Waals surface area contributed by atoms with Crippen molar-refractivity contribution < 1.29 is 9.53 Å². The molecule has 5 heterocycles. The molecule has 0 radical (unpaired) electrons. The van der Waals surface area contributed by atoms with E-state index in [0.29, 0.717) is 6.54 Å². The van der Waals surface area contributed by atoms with Crippen LogP contribution in [0.25, 0.3) is 0 Å². The average Bonchev–Trinajstić information content (AvgIpc) is 3.55. The fourth-order valence-electron chi connectivity index (χ4n) is 4.51. The first kappa shape index (κ1) is 20.4. The molecule has 2 aliphatic heterocycles. The first-order chi connectivity index (χ1) is 14.8. The van der Waals surface area contributed by atoms with Gasteiger partial charge in [0, 0.05) is 40.9 Å². The topological polar surface area (TPSA) is 32.8 Å². The van der Waals surface area contributed by atoms with E-state index in [-0.39, 0.29) is 18.1 Å². The van der Waals surface area contributed by atoms with Crippen molar-refractivity contribution in [2.75, 3.05) is 26.2 Å². The lowest BCUT2D eigenvalue weighted by Gasteiger charge is -2.37. The number of hydrogen-bond acceptors (Lipinski definition) is 6. The van der Waals surface area contributed by atoms with Crippen molar-refractivity contribution >= 4 is 39.9 Å². The van der Waals surface area contributed by atoms with Crippen molar-refractivity contribution in [1.82, 2.24) is 9.80 Å². The Balaban J connectivity index is 1.35. The van der Waals surface area contributed by atoms with Crippen molar-refractivity contribution in [3.63, 3.8) is 0 Å². The van der Waals surface area contributed by atoms with E-state index in [2.05, 4.69) is 56.3 Å². The second kappa shape index (κ2) is 9.32. The van der Waals surface area contributed by atoms with Gasteiger partial charge in [-0.15, -0.1) is 34.0 Å². The average molecular weight is 459 g/mol. The first-order valence-corrected chi connectivity index (χ1v) is 13.2. The van der Waals surface area contributed by atoms with Gasteiger partial charge in [0.15, 0.2) is 0 Å². The fraction of sp³-hybridized carbons (Fsp3) is 0.435. The van der Waals surface area contributed by atoms with E-state index in [1.54, 1.807) is 22.7 Å². The zero-order valence-electron chi connectivity index (χ0n) is 16.9. The summed E-state index contributed by atoms with van der Waals surface area (Å²) >= 11 is 5.32. The number of amides is 1. The quantitative estimate of drug-likeness (QED) is 0.498. The van der Waals surface area contributed by atoms with E-state index in [1.165, 1.54) is 20.2 Å². The molecule has 0 saturated carbocycles. The molecule has 0 N–H and O–H groups in total. The predicted octanol–water partition coefficient (Wildman–Crippen LogP) is 5.03. The Kier molecular flexibility index (Phi) is 6.34. The molecule has 3 aromatic heterocycles. The molecule has 5 rings (SSSR count). The highest BCUT2D eigenvalue weighted by molar-refractivity contribution is 7.10. The van der Waals surface area contributed by atoms with E-state index in [4.69, 9.17) is 4.74 Å². The molecule has 0 unspecified atom stereocenters. The van der Waals surface area contributed by atoms with E-state index in [0.717, 1.165) is 45.5 Å². The molecule has 30 heavy (non-hydrogen) atoms. The van der Waals surface area contributed by atoms with Gasteiger partial charge in [0.2, 0.25) is 5.91 Å². The number of rotatable bonds is 7. The van der Waals surface area contributed by atoms with Crippen molar-refractivity contribution in [2.24, 2.45) is 0 Å². The second-order valence-corrected chi connectivity index (χ2v) is 11.0. The van der Waals surface area contributed by atoms with Crippen LogP contribution in [-0.2, 0) is 22.5 Å². The highest BCUT2D eigenvalue weighted by Gasteiger charge is 2.34. The lowest BCUT2D eigenvalue weighted by atomic mass is 9.98. The third-order valence-electron chi connectivity index (χ3n) is 5.90. The lowest BCUT2D eigenvalue weighted by Crippen LogP contribution is -2.46. The summed E-state index contributed by atoms with van der Waals surface area (Å²) < 4.78 is 5.89. The van der Waals surface area contributed by atoms with Crippen LogP contribution in [0, 0.1) is 0 Å². The van der Waals surface area contributed by atoms with E-state index in [1.807, 2.05) is 11.3 Å². The standard InChI is InChI=1S/C23H26N2O2S3/c26-22(16-24(14-17-4-1-10-27-17)15-18-5-2-11-28-18)25-9-7-20-19(8-13-30-20)23(25)21-6-3-12-29-21/h2-3,5-6,8,11-13,17,23H,1,4,7,9-10,14-16H2/t17-,23-/m0/s1. The molecule has 4 nitrogen and oxygen atoms in total. The Morgan fingerprint density at radius 1 is 1.13 bits per heavy atom. The minimum atomic E-state index is 0.0545. The van der Waals surface area contributed by atoms with E-state index < -0.39 is 0 Å². The molecular formula is C23H26N2O2S3. The van der Waals surface area contributed by atoms with Gasteiger partial charge in [0.05, 0.1) is 18.7 Å². The highest BCUT2D eigenvalue weighted by Crippen LogP contribution is 2.39. The third kappa shape index (κ3) is 4.41. The fourth-order valence-corrected chi connectivity index (χ4v) is 7.01. The number of nitrogens with zero attached hydrogens (tertiary/aromatic N) is 2. The summed E-state index contributed by atoms with van der Waals surface area (Å²) in [5.74, 6) is 0.222. The van der Waals surface area contributed by atoms with Crippen LogP contribution in [0.15, 0.2) is 46.5 Å². The molecule has 3 aromatic rings. The molecule has 0 aromatic carbocycles. The van der Waals surface area contributed by atoms with Crippen LogP contribution in [0.5, 0.6) is 0 Å². The zero-order valence-corrected chi connectivity index (χ0v) is 19.3. The summed E-state index contributed by atoms with van der Waals surface area (Å²) in [6.45, 7) is 3.72. The Hall–Kier alpha value is -1.51. The Morgan fingerprint density at radius 2 is 2.03 bits per heavy atom. The number of carbonyl (C=O) groups excluding carboxylic acids is 1. The van der Waals surface area contributed by atoms with Crippen molar-refractivity contribution in [3.8, 4) is 0 Å². The molecule has 7 heteroatoms. The highest BCUT2D eigenvalue weighted by atomic mass is 32.1. The van der Waals surface area contributed by atoms with Gasteiger partial charge in [-0.05, 0) is 59.2 Å². The lowest BCUT2D eigenvalue weighted by molar-refractivity contribution is -0.135. The van der Waals surface area contributed by atoms with E-state index in [9.17, 15) is 4.79 Å². The van der Waals surface area contributed by atoms with Crippen LogP contribution in [0.3, 0.4) is 0 Å². The molecule has 0 spiro atoms. The molecule has 0 bridgehead atoms. The van der Waals surface area contributed by atoms with Crippen LogP contribution < -0.4 is 0 Å². The van der Waals surface area contributed by atoms with Crippen molar-refractivity contribution in [1.29, 1.82) is 0 Å². The third-order valence-corrected chi connectivity index (χ3v) is 8.69. The van der Waals surface area contributed by atoms with Gasteiger partial charge in [0.1, 0.15) is 0 Å². The largest absolute Gasteiger partial charge is 0.377 e. The summed E-state index contributed by atoms with van der Waals surface area (Å²) in [6, 6.07) is 10.8. The van der Waals surface area contributed by atoms with Crippen molar-refractivity contribution in [3.05, 3.63) is 66.7 Å². The SMILES string of the molecule is O=C(CN(Cc1cccs1)C[C@@H]1CCCO1)N1CCc2sccc2[C@H]1c1cccs1. The molecule has 2 aliphatic rings. The number of fused-ring (bicyclic) bond motifs is 1. The normalized spacial score (nSPS) is 21.3. The van der Waals surface area contributed by atoms with Crippen LogP contribution in [0.2, 0.25) is 0 Å². The van der Waals surface area contributed by atoms with Gasteiger partial charge in [-0.2, -0.15) is 0 Å². The molecule has 158 valence electrons.